The zero-order chi connectivity index (χ0) is 22.9. The first-order valence-electron chi connectivity index (χ1n) is 11.4. The molecule has 8 nitrogen and oxygen atoms in total. The second kappa shape index (κ2) is 8.94. The maximum Gasteiger partial charge on any atom is 0.247 e. The largest absolute Gasteiger partial charge is 0.390 e. The van der Waals surface area contributed by atoms with Crippen LogP contribution in [0.5, 0.6) is 0 Å². The lowest BCUT2D eigenvalue weighted by Crippen LogP contribution is -2.46. The molecular weight excluding hydrogens is 408 g/mol. The highest BCUT2D eigenvalue weighted by atomic mass is 16.5. The molecule has 2 heterocycles. The normalized spacial score (nSPS) is 25.8. The van der Waals surface area contributed by atoms with E-state index in [0.717, 1.165) is 54.0 Å². The molecule has 1 saturated carbocycles. The summed E-state index contributed by atoms with van der Waals surface area (Å²) in [6, 6.07) is 5.56. The molecule has 2 aromatic rings. The lowest BCUT2D eigenvalue weighted by atomic mass is 9.83. The molecule has 0 bridgehead atoms. The number of hydrogen-bond acceptors (Lipinski definition) is 6. The molecule has 1 saturated heterocycles. The predicted molar refractivity (Wildman–Crippen MR) is 122 cm³/mol. The van der Waals surface area contributed by atoms with E-state index in [-0.39, 0.29) is 17.9 Å². The topological polar surface area (TPSA) is 116 Å². The molecule has 1 aliphatic heterocycles. The van der Waals surface area contributed by atoms with E-state index in [9.17, 15) is 14.7 Å². The van der Waals surface area contributed by atoms with Crippen molar-refractivity contribution >= 4 is 23.2 Å². The number of aliphatic hydroxyl groups is 1. The van der Waals surface area contributed by atoms with Gasteiger partial charge in [0.05, 0.1) is 22.7 Å². The summed E-state index contributed by atoms with van der Waals surface area (Å²) in [6.45, 7) is 5.64. The highest BCUT2D eigenvalue weighted by Gasteiger charge is 2.30. The number of piperidine rings is 1. The minimum Gasteiger partial charge on any atom is -0.390 e. The van der Waals surface area contributed by atoms with Crippen molar-refractivity contribution in [2.75, 3.05) is 10.6 Å². The Morgan fingerprint density at radius 2 is 1.97 bits per heavy atom. The van der Waals surface area contributed by atoms with Crippen LogP contribution in [0.4, 0.5) is 11.4 Å². The van der Waals surface area contributed by atoms with E-state index >= 15 is 0 Å². The third-order valence-corrected chi connectivity index (χ3v) is 6.57. The summed E-state index contributed by atoms with van der Waals surface area (Å²) in [6.07, 6.45) is 4.96. The fraction of sp³-hybridized carbons (Fsp3) is 0.542. The highest BCUT2D eigenvalue weighted by molar-refractivity contribution is 6.00. The Labute approximate surface area is 188 Å². The van der Waals surface area contributed by atoms with Gasteiger partial charge in [-0.3, -0.25) is 9.59 Å². The van der Waals surface area contributed by atoms with Gasteiger partial charge in [0.1, 0.15) is 11.8 Å². The zero-order valence-corrected chi connectivity index (χ0v) is 19.0. The van der Waals surface area contributed by atoms with Crippen LogP contribution < -0.4 is 16.0 Å². The fourth-order valence-electron chi connectivity index (χ4n) is 4.65. The molecule has 0 spiro atoms. The van der Waals surface area contributed by atoms with Gasteiger partial charge in [0.25, 0.3) is 0 Å². The van der Waals surface area contributed by atoms with Gasteiger partial charge in [-0.1, -0.05) is 11.2 Å². The van der Waals surface area contributed by atoms with Crippen molar-refractivity contribution in [3.05, 3.63) is 29.7 Å². The molecular formula is C24H32N4O4. The van der Waals surface area contributed by atoms with E-state index in [1.54, 1.807) is 0 Å². The van der Waals surface area contributed by atoms with Gasteiger partial charge in [0.15, 0.2) is 0 Å². The van der Waals surface area contributed by atoms with Crippen LogP contribution in [-0.4, -0.2) is 39.8 Å². The van der Waals surface area contributed by atoms with Gasteiger partial charge in [-0.15, -0.1) is 0 Å². The van der Waals surface area contributed by atoms with Crippen LogP contribution in [0.15, 0.2) is 22.7 Å². The zero-order valence-electron chi connectivity index (χ0n) is 19.0. The molecule has 2 aliphatic rings. The van der Waals surface area contributed by atoms with Gasteiger partial charge in [-0.2, -0.15) is 0 Å². The Morgan fingerprint density at radius 3 is 2.62 bits per heavy atom. The number of benzene rings is 1. The Bertz CT molecular complexity index is 984. The fourth-order valence-corrected chi connectivity index (χ4v) is 4.65. The first kappa shape index (κ1) is 22.3. The second-order valence-corrected chi connectivity index (χ2v) is 9.38. The van der Waals surface area contributed by atoms with Gasteiger partial charge in [0, 0.05) is 18.0 Å². The van der Waals surface area contributed by atoms with Crippen LogP contribution in [-0.2, 0) is 9.59 Å². The molecule has 172 valence electrons. The van der Waals surface area contributed by atoms with Crippen LogP contribution in [0.3, 0.4) is 0 Å². The number of anilines is 2. The summed E-state index contributed by atoms with van der Waals surface area (Å²) in [5, 5.41) is 23.7. The summed E-state index contributed by atoms with van der Waals surface area (Å²) in [5.74, 6) is 0.409. The molecule has 1 atom stereocenters. The summed E-state index contributed by atoms with van der Waals surface area (Å²) in [5.41, 5.74) is 3.47. The SMILES string of the molecule is Cc1noc(C)c1-c1ccc(N[C@H]2CC[C@@](C)(O)CC2)c(NC(=O)[C@@H]2CCCC(=O)N2)c1. The molecule has 4 N–H and O–H groups in total. The standard InChI is InChI=1S/C24H32N4O4/c1-14-22(15(2)32-28-14)16-7-8-18(25-17-9-11-24(3,31)12-10-17)20(13-16)27-23(30)19-5-4-6-21(29)26-19/h7-8,13,17,19,25,31H,4-6,9-12H2,1-3H3,(H,26,29)(H,27,30)/t17-,19-,24+/m0/s1. The monoisotopic (exact) mass is 440 g/mol. The summed E-state index contributed by atoms with van der Waals surface area (Å²) in [7, 11) is 0. The van der Waals surface area contributed by atoms with Crippen LogP contribution in [0.1, 0.15) is 63.3 Å². The lowest BCUT2D eigenvalue weighted by molar-refractivity contribution is -0.128. The minimum absolute atomic E-state index is 0.0894. The number of nitrogens with one attached hydrogen (secondary N) is 3. The number of nitrogens with zero attached hydrogens (tertiary/aromatic N) is 1. The molecule has 0 unspecified atom stereocenters. The van der Waals surface area contributed by atoms with E-state index in [4.69, 9.17) is 4.52 Å². The van der Waals surface area contributed by atoms with Crippen molar-refractivity contribution in [1.29, 1.82) is 0 Å². The quantitative estimate of drug-likeness (QED) is 0.564. The molecule has 4 rings (SSSR count). The van der Waals surface area contributed by atoms with Crippen molar-refractivity contribution < 1.29 is 19.2 Å². The first-order valence-corrected chi connectivity index (χ1v) is 11.4. The third-order valence-electron chi connectivity index (χ3n) is 6.57. The first-order chi connectivity index (χ1) is 15.2. The Morgan fingerprint density at radius 1 is 1.22 bits per heavy atom. The predicted octanol–water partition coefficient (Wildman–Crippen LogP) is 3.67. The van der Waals surface area contributed by atoms with Crippen LogP contribution in [0.2, 0.25) is 0 Å². The number of rotatable bonds is 5. The van der Waals surface area contributed by atoms with Crippen molar-refractivity contribution in [1.82, 2.24) is 10.5 Å². The molecule has 2 amide bonds. The number of aryl methyl sites for hydroxylation is 2. The van der Waals surface area contributed by atoms with Gasteiger partial charge in [-0.25, -0.2) is 0 Å². The molecule has 1 aromatic carbocycles. The van der Waals surface area contributed by atoms with Crippen LogP contribution in [0.25, 0.3) is 11.1 Å². The van der Waals surface area contributed by atoms with E-state index in [1.165, 1.54) is 0 Å². The molecule has 1 aromatic heterocycles. The molecule has 1 aliphatic carbocycles. The van der Waals surface area contributed by atoms with E-state index in [1.807, 2.05) is 39.0 Å². The number of amides is 2. The number of hydrogen-bond donors (Lipinski definition) is 4. The Hall–Kier alpha value is -2.87. The molecule has 2 fully saturated rings. The number of aromatic nitrogens is 1. The van der Waals surface area contributed by atoms with Gasteiger partial charge >= 0.3 is 0 Å². The number of carbonyl (C=O) groups excluding carboxylic acids is 2. The Balaban J connectivity index is 1.60. The van der Waals surface area contributed by atoms with E-state index in [2.05, 4.69) is 21.1 Å². The smallest absolute Gasteiger partial charge is 0.247 e. The lowest BCUT2D eigenvalue weighted by Gasteiger charge is -2.34. The minimum atomic E-state index is -0.610. The summed E-state index contributed by atoms with van der Waals surface area (Å²) >= 11 is 0. The molecule has 32 heavy (non-hydrogen) atoms. The van der Waals surface area contributed by atoms with Gasteiger partial charge in [-0.05, 0) is 77.0 Å². The molecule has 0 radical (unpaired) electrons. The van der Waals surface area contributed by atoms with E-state index in [0.29, 0.717) is 24.9 Å². The van der Waals surface area contributed by atoms with E-state index < -0.39 is 11.6 Å². The van der Waals surface area contributed by atoms with Crippen molar-refractivity contribution in [3.8, 4) is 11.1 Å². The van der Waals surface area contributed by atoms with Gasteiger partial charge in [0.2, 0.25) is 11.8 Å². The van der Waals surface area contributed by atoms with Gasteiger partial charge < -0.3 is 25.6 Å². The second-order valence-electron chi connectivity index (χ2n) is 9.38. The third kappa shape index (κ3) is 4.96. The maximum absolute atomic E-state index is 13.0. The highest BCUT2D eigenvalue weighted by Crippen LogP contribution is 2.35. The summed E-state index contributed by atoms with van der Waals surface area (Å²) in [4.78, 5) is 24.7. The van der Waals surface area contributed by atoms with Crippen molar-refractivity contribution in [2.24, 2.45) is 0 Å². The summed E-state index contributed by atoms with van der Waals surface area (Å²) < 4.78 is 5.32. The Kier molecular flexibility index (Phi) is 6.24. The van der Waals surface area contributed by atoms with Crippen molar-refractivity contribution in [2.45, 2.75) is 83.4 Å². The van der Waals surface area contributed by atoms with Crippen LogP contribution >= 0.6 is 0 Å². The maximum atomic E-state index is 13.0. The van der Waals surface area contributed by atoms with Crippen molar-refractivity contribution in [3.63, 3.8) is 0 Å². The number of carbonyl (C=O) groups is 2. The average Bonchev–Trinajstić information content (AvgIpc) is 3.09. The molecule has 8 heteroatoms. The van der Waals surface area contributed by atoms with Crippen LogP contribution in [0, 0.1) is 13.8 Å². The average molecular weight is 441 g/mol.